The topological polar surface area (TPSA) is 41.9 Å². The average Bonchev–Trinajstić information content (AvgIpc) is 3.31. The van der Waals surface area contributed by atoms with Crippen LogP contribution in [0.5, 0.6) is 0 Å². The van der Waals surface area contributed by atoms with Gasteiger partial charge in [0.05, 0.1) is 5.52 Å². The van der Waals surface area contributed by atoms with E-state index in [1.807, 2.05) is 0 Å². The summed E-state index contributed by atoms with van der Waals surface area (Å²) in [7, 11) is 0. The summed E-state index contributed by atoms with van der Waals surface area (Å²) in [6.45, 7) is 0.168. The molecule has 1 unspecified atom stereocenters. The molecule has 2 aromatic carbocycles. The van der Waals surface area contributed by atoms with Crippen molar-refractivity contribution in [2.24, 2.45) is 0 Å². The number of benzene rings is 2. The van der Waals surface area contributed by atoms with Crippen LogP contribution in [0.4, 0.5) is 27.8 Å². The Hall–Kier alpha value is -3.62. The molecule has 33 heavy (non-hydrogen) atoms. The second-order valence-corrected chi connectivity index (χ2v) is 7.84. The summed E-state index contributed by atoms with van der Waals surface area (Å²) >= 11 is 0. The SMILES string of the molecule is Fc1cccc(-c2ccc3nc(-c4cccnc4)nc(N4CCCC4C(F)(F)F)c3c2)c1F. The second kappa shape index (κ2) is 8.06. The van der Waals surface area contributed by atoms with Gasteiger partial charge in [-0.15, -0.1) is 0 Å². The number of fused-ring (bicyclic) bond motifs is 1. The summed E-state index contributed by atoms with van der Waals surface area (Å²) in [6, 6.07) is 10.2. The molecule has 0 spiro atoms. The standard InChI is InChI=1S/C24H17F5N4/c25-18-6-1-5-16(21(18)26)14-8-9-19-17(12-14)23(33-11-3-7-20(33)24(27,28)29)32-22(31-19)15-4-2-10-30-13-15/h1-2,4-6,8-10,12-13,20H,3,7,11H2. The van der Waals surface area contributed by atoms with Gasteiger partial charge in [0, 0.05) is 35.5 Å². The average molecular weight is 456 g/mol. The van der Waals surface area contributed by atoms with Gasteiger partial charge in [-0.1, -0.05) is 18.2 Å². The van der Waals surface area contributed by atoms with Gasteiger partial charge in [-0.3, -0.25) is 4.98 Å². The van der Waals surface area contributed by atoms with Crippen LogP contribution in [-0.2, 0) is 0 Å². The zero-order chi connectivity index (χ0) is 23.2. The van der Waals surface area contributed by atoms with Crippen LogP contribution in [0, 0.1) is 11.6 Å². The lowest BCUT2D eigenvalue weighted by molar-refractivity contribution is -0.146. The normalized spacial score (nSPS) is 16.5. The summed E-state index contributed by atoms with van der Waals surface area (Å²) < 4.78 is 69.5. The number of rotatable bonds is 3. The second-order valence-electron chi connectivity index (χ2n) is 7.84. The number of aromatic nitrogens is 3. The van der Waals surface area contributed by atoms with Crippen LogP contribution < -0.4 is 4.90 Å². The predicted molar refractivity (Wildman–Crippen MR) is 115 cm³/mol. The van der Waals surface area contributed by atoms with Crippen molar-refractivity contribution in [3.05, 3.63) is 72.6 Å². The van der Waals surface area contributed by atoms with E-state index in [9.17, 15) is 22.0 Å². The Morgan fingerprint density at radius 1 is 0.939 bits per heavy atom. The quantitative estimate of drug-likeness (QED) is 0.346. The van der Waals surface area contributed by atoms with Gasteiger partial charge < -0.3 is 4.90 Å². The molecule has 2 aromatic heterocycles. The lowest BCUT2D eigenvalue weighted by Gasteiger charge is -2.28. The maximum Gasteiger partial charge on any atom is 0.408 e. The summed E-state index contributed by atoms with van der Waals surface area (Å²) in [5, 5.41) is 0.333. The highest BCUT2D eigenvalue weighted by molar-refractivity contribution is 5.94. The van der Waals surface area contributed by atoms with Crippen LogP contribution in [0.1, 0.15) is 12.8 Å². The number of hydrogen-bond donors (Lipinski definition) is 0. The minimum absolute atomic E-state index is 0.00739. The molecule has 4 aromatic rings. The van der Waals surface area contributed by atoms with Crippen molar-refractivity contribution in [3.8, 4) is 22.5 Å². The molecule has 1 aliphatic heterocycles. The van der Waals surface area contributed by atoms with E-state index in [0.717, 1.165) is 6.07 Å². The van der Waals surface area contributed by atoms with Gasteiger partial charge in [-0.05, 0) is 48.7 Å². The monoisotopic (exact) mass is 456 g/mol. The van der Waals surface area contributed by atoms with Crippen LogP contribution in [-0.4, -0.2) is 33.7 Å². The van der Waals surface area contributed by atoms with Gasteiger partial charge in [0.15, 0.2) is 17.5 Å². The molecule has 9 heteroatoms. The van der Waals surface area contributed by atoms with E-state index in [2.05, 4.69) is 15.0 Å². The molecule has 1 aliphatic rings. The first kappa shape index (κ1) is 21.2. The fraction of sp³-hybridized carbons (Fsp3) is 0.208. The first-order chi connectivity index (χ1) is 15.8. The first-order valence-electron chi connectivity index (χ1n) is 10.3. The van der Waals surface area contributed by atoms with Crippen molar-refractivity contribution >= 4 is 16.7 Å². The van der Waals surface area contributed by atoms with E-state index >= 15 is 0 Å². The number of anilines is 1. The van der Waals surface area contributed by atoms with Gasteiger partial charge in [0.2, 0.25) is 0 Å². The van der Waals surface area contributed by atoms with E-state index in [-0.39, 0.29) is 30.2 Å². The van der Waals surface area contributed by atoms with Gasteiger partial charge >= 0.3 is 6.18 Å². The van der Waals surface area contributed by atoms with Crippen LogP contribution in [0.15, 0.2) is 60.9 Å². The summed E-state index contributed by atoms with van der Waals surface area (Å²) in [4.78, 5) is 14.3. The Morgan fingerprint density at radius 2 is 1.79 bits per heavy atom. The predicted octanol–water partition coefficient (Wildman–Crippen LogP) is 6.17. The van der Waals surface area contributed by atoms with Crippen LogP contribution >= 0.6 is 0 Å². The van der Waals surface area contributed by atoms with Crippen molar-refractivity contribution in [2.45, 2.75) is 25.1 Å². The smallest absolute Gasteiger partial charge is 0.344 e. The van der Waals surface area contributed by atoms with Crippen molar-refractivity contribution in [2.75, 3.05) is 11.4 Å². The zero-order valence-corrected chi connectivity index (χ0v) is 17.2. The third-order valence-electron chi connectivity index (χ3n) is 5.76. The molecule has 0 N–H and O–H groups in total. The molecule has 1 saturated heterocycles. The molecule has 0 aliphatic carbocycles. The maximum absolute atomic E-state index is 14.4. The molecule has 0 bridgehead atoms. The van der Waals surface area contributed by atoms with E-state index in [0.29, 0.717) is 28.5 Å². The Kier molecular flexibility index (Phi) is 5.19. The third kappa shape index (κ3) is 3.88. The van der Waals surface area contributed by atoms with Crippen LogP contribution in [0.25, 0.3) is 33.4 Å². The highest BCUT2D eigenvalue weighted by atomic mass is 19.4. The first-order valence-corrected chi connectivity index (χ1v) is 10.3. The van der Waals surface area contributed by atoms with Crippen molar-refractivity contribution in [3.63, 3.8) is 0 Å². The van der Waals surface area contributed by atoms with Crippen molar-refractivity contribution < 1.29 is 22.0 Å². The number of halogens is 5. The van der Waals surface area contributed by atoms with Gasteiger partial charge in [-0.2, -0.15) is 13.2 Å². The molecule has 1 atom stereocenters. The lowest BCUT2D eigenvalue weighted by Crippen LogP contribution is -2.41. The van der Waals surface area contributed by atoms with Gasteiger partial charge in [0.1, 0.15) is 11.9 Å². The van der Waals surface area contributed by atoms with E-state index in [4.69, 9.17) is 0 Å². The molecule has 0 saturated carbocycles. The van der Waals surface area contributed by atoms with Crippen LogP contribution in [0.2, 0.25) is 0 Å². The Balaban J connectivity index is 1.74. The zero-order valence-electron chi connectivity index (χ0n) is 17.2. The molecule has 5 rings (SSSR count). The minimum Gasteiger partial charge on any atom is -0.344 e. The molecule has 4 nitrogen and oxygen atoms in total. The largest absolute Gasteiger partial charge is 0.408 e. The summed E-state index contributed by atoms with van der Waals surface area (Å²) in [5.74, 6) is -1.69. The molecule has 3 heterocycles. The number of pyridine rings is 1. The Labute approximate surface area is 185 Å². The molecular weight excluding hydrogens is 439 g/mol. The summed E-state index contributed by atoms with van der Waals surface area (Å²) in [6.07, 6.45) is -1.02. The number of nitrogens with zero attached hydrogens (tertiary/aromatic N) is 4. The highest BCUT2D eigenvalue weighted by Crippen LogP contribution is 2.39. The molecule has 168 valence electrons. The molecule has 0 radical (unpaired) electrons. The maximum atomic E-state index is 14.4. The van der Waals surface area contributed by atoms with E-state index in [1.165, 1.54) is 29.3 Å². The Morgan fingerprint density at radius 3 is 2.55 bits per heavy atom. The van der Waals surface area contributed by atoms with E-state index in [1.54, 1.807) is 30.5 Å². The van der Waals surface area contributed by atoms with Gasteiger partial charge in [0.25, 0.3) is 0 Å². The lowest BCUT2D eigenvalue weighted by atomic mass is 10.0. The fourth-order valence-corrected chi connectivity index (χ4v) is 4.21. The van der Waals surface area contributed by atoms with Crippen LogP contribution in [0.3, 0.4) is 0 Å². The number of alkyl halides is 3. The molecular formula is C24H17F5N4. The van der Waals surface area contributed by atoms with Crippen molar-refractivity contribution in [1.29, 1.82) is 0 Å². The third-order valence-corrected chi connectivity index (χ3v) is 5.76. The fourth-order valence-electron chi connectivity index (χ4n) is 4.21. The summed E-state index contributed by atoms with van der Waals surface area (Å²) in [5.41, 5.74) is 1.28. The minimum atomic E-state index is -4.44. The Bertz CT molecular complexity index is 1320. The number of hydrogen-bond acceptors (Lipinski definition) is 4. The van der Waals surface area contributed by atoms with E-state index < -0.39 is 23.9 Å². The van der Waals surface area contributed by atoms with Gasteiger partial charge in [-0.25, -0.2) is 18.7 Å². The molecule has 1 fully saturated rings. The highest BCUT2D eigenvalue weighted by Gasteiger charge is 2.47. The molecule has 0 amide bonds. The van der Waals surface area contributed by atoms with Crippen molar-refractivity contribution in [1.82, 2.24) is 15.0 Å².